The number of primary amides is 1. The standard InChI is InChI=1S/C29H44N2O9/c1-15-11-19-25(34)20(14-21(32)27(19)39-7)31-28(35)16(2)9-8-10-22(37-5)26(40-29(30)36)18(4)13-17(3)24(33)23(12-15)38-6/h13-17,22-24,26,33H,8-12H2,1-7H3,(H2,30,36)(H,31,35)/b18-13+/t15-,16?,17+,22+,23+,24-,26+/m1/s1. The van der Waals surface area contributed by atoms with Gasteiger partial charge in [0.1, 0.15) is 0 Å². The molecule has 40 heavy (non-hydrogen) atoms. The molecule has 4 N–H and O–H groups in total. The molecule has 2 amide bonds. The zero-order chi connectivity index (χ0) is 30.1. The van der Waals surface area contributed by atoms with Gasteiger partial charge >= 0.3 is 6.09 Å². The topological polar surface area (TPSA) is 163 Å². The Morgan fingerprint density at radius 3 is 2.27 bits per heavy atom. The quantitative estimate of drug-likeness (QED) is 0.344. The van der Waals surface area contributed by atoms with Gasteiger partial charge in [-0.3, -0.25) is 14.4 Å². The number of nitrogens with two attached hydrogens (primary N) is 1. The molecule has 2 rings (SSSR count). The smallest absolute Gasteiger partial charge is 0.405 e. The minimum Gasteiger partial charge on any atom is -0.492 e. The van der Waals surface area contributed by atoms with Crippen LogP contribution in [0.25, 0.3) is 0 Å². The van der Waals surface area contributed by atoms with Crippen molar-refractivity contribution in [1.29, 1.82) is 0 Å². The van der Waals surface area contributed by atoms with Gasteiger partial charge in [0.2, 0.25) is 17.5 Å². The van der Waals surface area contributed by atoms with Crippen molar-refractivity contribution in [2.24, 2.45) is 23.5 Å². The first-order chi connectivity index (χ1) is 18.8. The Balaban J connectivity index is 2.49. The van der Waals surface area contributed by atoms with Gasteiger partial charge in [0.25, 0.3) is 0 Å². The summed E-state index contributed by atoms with van der Waals surface area (Å²) in [6, 6.07) is 0. The number of fused-ring (bicyclic) bond motifs is 2. The third-order valence-corrected chi connectivity index (χ3v) is 7.60. The van der Waals surface area contributed by atoms with Crippen molar-refractivity contribution in [2.75, 3.05) is 21.3 Å². The molecule has 0 aromatic carbocycles. The normalized spacial score (nSPS) is 33.0. The maximum Gasteiger partial charge on any atom is 0.405 e. The lowest BCUT2D eigenvalue weighted by Gasteiger charge is -2.30. The lowest BCUT2D eigenvalue weighted by atomic mass is 9.85. The van der Waals surface area contributed by atoms with E-state index in [1.165, 1.54) is 21.3 Å². The molecule has 2 aliphatic rings. The van der Waals surface area contributed by atoms with Gasteiger partial charge in [0, 0.05) is 37.7 Å². The molecule has 1 aliphatic carbocycles. The fourth-order valence-electron chi connectivity index (χ4n) is 5.32. The van der Waals surface area contributed by atoms with Crippen molar-refractivity contribution >= 4 is 23.6 Å². The highest BCUT2D eigenvalue weighted by molar-refractivity contribution is 6.22. The monoisotopic (exact) mass is 564 g/mol. The number of aliphatic hydroxyl groups excluding tert-OH is 1. The van der Waals surface area contributed by atoms with E-state index in [0.29, 0.717) is 31.3 Å². The minimum absolute atomic E-state index is 0.0543. The summed E-state index contributed by atoms with van der Waals surface area (Å²) in [4.78, 5) is 50.8. The van der Waals surface area contributed by atoms with E-state index in [1.807, 2.05) is 13.8 Å². The average molecular weight is 565 g/mol. The van der Waals surface area contributed by atoms with Crippen molar-refractivity contribution < 1.29 is 43.2 Å². The lowest BCUT2D eigenvalue weighted by Crippen LogP contribution is -2.37. The van der Waals surface area contributed by atoms with Crippen LogP contribution < -0.4 is 11.1 Å². The Hall–Kier alpha value is -3.02. The van der Waals surface area contributed by atoms with E-state index >= 15 is 0 Å². The zero-order valence-corrected chi connectivity index (χ0v) is 24.5. The maximum atomic E-state index is 13.4. The van der Waals surface area contributed by atoms with E-state index in [2.05, 4.69) is 5.32 Å². The van der Waals surface area contributed by atoms with Crippen LogP contribution in [0.3, 0.4) is 0 Å². The van der Waals surface area contributed by atoms with Crippen molar-refractivity contribution in [3.8, 4) is 0 Å². The number of nitrogens with one attached hydrogen (secondary N) is 1. The molecular formula is C29H44N2O9. The van der Waals surface area contributed by atoms with Crippen LogP contribution in [-0.2, 0) is 33.3 Å². The molecule has 0 saturated heterocycles. The molecule has 1 unspecified atom stereocenters. The molecule has 2 bridgehead atoms. The van der Waals surface area contributed by atoms with Crippen LogP contribution in [-0.4, -0.2) is 74.4 Å². The van der Waals surface area contributed by atoms with Crippen molar-refractivity contribution in [3.05, 3.63) is 34.8 Å². The molecule has 0 aromatic heterocycles. The molecule has 11 heteroatoms. The van der Waals surface area contributed by atoms with Crippen LogP contribution in [0.5, 0.6) is 0 Å². The second-order valence-corrected chi connectivity index (χ2v) is 10.8. The highest BCUT2D eigenvalue weighted by Crippen LogP contribution is 2.30. The SMILES string of the molecule is COC1=C2C[C@@H](C)C[C@H](OC)[C@H](O)[C@@H](C)/C=C(\C)[C@H](OC(N)=O)[C@@H](OC)CCCC(C)C(=O)NC(=CC1=O)C2=O. The predicted molar refractivity (Wildman–Crippen MR) is 147 cm³/mol. The van der Waals surface area contributed by atoms with Crippen molar-refractivity contribution in [2.45, 2.75) is 84.2 Å². The van der Waals surface area contributed by atoms with Gasteiger partial charge < -0.3 is 35.1 Å². The van der Waals surface area contributed by atoms with Crippen LogP contribution in [0.15, 0.2) is 34.8 Å². The molecule has 0 radical (unpaired) electrons. The highest BCUT2D eigenvalue weighted by Gasteiger charge is 2.34. The number of carbonyl (C=O) groups is 4. The van der Waals surface area contributed by atoms with Gasteiger partial charge in [-0.15, -0.1) is 0 Å². The number of hydrogen-bond donors (Lipinski definition) is 3. The van der Waals surface area contributed by atoms with Crippen molar-refractivity contribution in [1.82, 2.24) is 5.32 Å². The fourth-order valence-corrected chi connectivity index (χ4v) is 5.32. The van der Waals surface area contributed by atoms with Gasteiger partial charge in [0.05, 0.1) is 31.1 Å². The largest absolute Gasteiger partial charge is 0.492 e. The van der Waals surface area contributed by atoms with Crippen LogP contribution in [0.1, 0.15) is 59.8 Å². The summed E-state index contributed by atoms with van der Waals surface area (Å²) in [5.41, 5.74) is 6.09. The van der Waals surface area contributed by atoms with Gasteiger partial charge in [-0.05, 0) is 50.5 Å². The molecule has 0 saturated carbocycles. The van der Waals surface area contributed by atoms with Crippen LogP contribution in [0.4, 0.5) is 4.79 Å². The number of carbonyl (C=O) groups excluding carboxylic acids is 4. The summed E-state index contributed by atoms with van der Waals surface area (Å²) in [6.07, 6.45) is 1.01. The Morgan fingerprint density at radius 1 is 1.05 bits per heavy atom. The number of ether oxygens (including phenoxy) is 4. The number of allylic oxidation sites excluding steroid dienone is 2. The molecule has 11 nitrogen and oxygen atoms in total. The Kier molecular flexibility index (Phi) is 12.5. The molecule has 0 aromatic rings. The number of Topliss-reactive ketones (excluding diaryl/α,β-unsaturated/α-hetero) is 1. The maximum absolute atomic E-state index is 13.4. The molecule has 1 heterocycles. The lowest BCUT2D eigenvalue weighted by molar-refractivity contribution is -0.125. The third kappa shape index (κ3) is 8.49. The van der Waals surface area contributed by atoms with Gasteiger partial charge in [0.15, 0.2) is 11.9 Å². The first-order valence-electron chi connectivity index (χ1n) is 13.6. The number of hydrogen-bond acceptors (Lipinski definition) is 9. The molecule has 7 atom stereocenters. The van der Waals surface area contributed by atoms with Gasteiger partial charge in [-0.1, -0.05) is 26.8 Å². The molecule has 224 valence electrons. The zero-order valence-electron chi connectivity index (χ0n) is 24.5. The summed E-state index contributed by atoms with van der Waals surface area (Å²) in [6.45, 7) is 7.21. The number of rotatable bonds is 4. The van der Waals surface area contributed by atoms with Crippen molar-refractivity contribution in [3.63, 3.8) is 0 Å². The second kappa shape index (κ2) is 15.1. The number of methoxy groups -OCH3 is 3. The van der Waals surface area contributed by atoms with Crippen LogP contribution >= 0.6 is 0 Å². The third-order valence-electron chi connectivity index (χ3n) is 7.60. The van der Waals surface area contributed by atoms with E-state index in [-0.39, 0.29) is 29.4 Å². The Bertz CT molecular complexity index is 1050. The molecule has 1 aliphatic heterocycles. The summed E-state index contributed by atoms with van der Waals surface area (Å²) >= 11 is 0. The van der Waals surface area contributed by atoms with E-state index in [1.54, 1.807) is 19.9 Å². The van der Waals surface area contributed by atoms with Gasteiger partial charge in [-0.25, -0.2) is 4.79 Å². The average Bonchev–Trinajstić information content (AvgIpc) is 2.90. The summed E-state index contributed by atoms with van der Waals surface area (Å²) in [5.74, 6) is -2.52. The summed E-state index contributed by atoms with van der Waals surface area (Å²) in [7, 11) is 4.32. The Labute approximate surface area is 236 Å². The number of aliphatic hydroxyl groups is 1. The molecule has 0 spiro atoms. The number of amides is 2. The summed E-state index contributed by atoms with van der Waals surface area (Å²) in [5, 5.41) is 13.8. The molecular weight excluding hydrogens is 520 g/mol. The fraction of sp³-hybridized carbons (Fsp3) is 0.655. The highest BCUT2D eigenvalue weighted by atomic mass is 16.6. The van der Waals surface area contributed by atoms with E-state index in [0.717, 1.165) is 6.08 Å². The Morgan fingerprint density at radius 2 is 1.70 bits per heavy atom. The first kappa shape index (κ1) is 33.2. The van der Waals surface area contributed by atoms with Crippen LogP contribution in [0.2, 0.25) is 0 Å². The first-order valence-corrected chi connectivity index (χ1v) is 13.6. The van der Waals surface area contributed by atoms with E-state index < -0.39 is 59.8 Å². The van der Waals surface area contributed by atoms with Gasteiger partial charge in [-0.2, -0.15) is 0 Å². The number of ketones is 2. The van der Waals surface area contributed by atoms with E-state index in [9.17, 15) is 24.3 Å². The minimum atomic E-state index is -0.953. The second-order valence-electron chi connectivity index (χ2n) is 10.8. The van der Waals surface area contributed by atoms with Crippen LogP contribution in [0, 0.1) is 17.8 Å². The van der Waals surface area contributed by atoms with E-state index in [4.69, 9.17) is 24.7 Å². The summed E-state index contributed by atoms with van der Waals surface area (Å²) < 4.78 is 22.0. The predicted octanol–water partition coefficient (Wildman–Crippen LogP) is 2.71. The molecule has 0 fully saturated rings.